The van der Waals surface area contributed by atoms with E-state index in [1.807, 2.05) is 18.2 Å². The third-order valence-corrected chi connectivity index (χ3v) is 3.62. The minimum atomic E-state index is 0.431. The molecule has 19 heavy (non-hydrogen) atoms. The van der Waals surface area contributed by atoms with Gasteiger partial charge >= 0.3 is 0 Å². The molecule has 0 fully saturated rings. The molecule has 0 saturated heterocycles. The summed E-state index contributed by atoms with van der Waals surface area (Å²) in [6.45, 7) is 2.06. The second-order valence-corrected chi connectivity index (χ2v) is 5.66. The number of unbranched alkanes of at least 4 members (excludes halogenated alkanes) is 1. The van der Waals surface area contributed by atoms with E-state index in [4.69, 9.17) is 23.2 Å². The number of imidazole rings is 1. The predicted octanol–water partition coefficient (Wildman–Crippen LogP) is 3.77. The van der Waals surface area contributed by atoms with Crippen LogP contribution in [-0.4, -0.2) is 35.1 Å². The lowest BCUT2D eigenvalue weighted by molar-refractivity contribution is 0.388. The monoisotopic (exact) mass is 299 g/mol. The van der Waals surface area contributed by atoms with E-state index in [-0.39, 0.29) is 0 Å². The number of aromatic nitrogens is 2. The molecule has 1 aromatic heterocycles. The van der Waals surface area contributed by atoms with Gasteiger partial charge in [-0.15, -0.1) is 11.6 Å². The molecule has 0 bridgehead atoms. The van der Waals surface area contributed by atoms with Crippen molar-refractivity contribution in [2.75, 3.05) is 20.6 Å². The number of alkyl halides is 1. The van der Waals surface area contributed by atoms with Gasteiger partial charge in [-0.3, -0.25) is 0 Å². The largest absolute Gasteiger partial charge is 0.327 e. The van der Waals surface area contributed by atoms with Crippen LogP contribution in [0.15, 0.2) is 18.2 Å². The van der Waals surface area contributed by atoms with Crippen LogP contribution >= 0.6 is 23.2 Å². The first-order valence-electron chi connectivity index (χ1n) is 6.47. The average Bonchev–Trinajstić information content (AvgIpc) is 2.71. The Morgan fingerprint density at radius 1 is 1.26 bits per heavy atom. The number of nitrogens with zero attached hydrogens (tertiary/aromatic N) is 3. The zero-order valence-corrected chi connectivity index (χ0v) is 12.9. The van der Waals surface area contributed by atoms with Crippen LogP contribution in [-0.2, 0) is 12.4 Å². The van der Waals surface area contributed by atoms with Gasteiger partial charge in [0.2, 0.25) is 0 Å². The molecule has 0 N–H and O–H groups in total. The summed E-state index contributed by atoms with van der Waals surface area (Å²) in [7, 11) is 4.19. The summed E-state index contributed by atoms with van der Waals surface area (Å²) in [4.78, 5) is 6.74. The van der Waals surface area contributed by atoms with E-state index in [1.54, 1.807) is 0 Å². The molecule has 3 nitrogen and oxygen atoms in total. The van der Waals surface area contributed by atoms with E-state index in [0.29, 0.717) is 10.9 Å². The number of hydrogen-bond acceptors (Lipinski definition) is 2. The van der Waals surface area contributed by atoms with Gasteiger partial charge in [0.1, 0.15) is 5.82 Å². The standard InChI is InChI=1S/C14H19Cl2N3/c1-18(2)7-3-4-8-19-13-6-5-11(16)9-12(13)17-14(19)10-15/h5-6,9H,3-4,7-8,10H2,1-2H3. The summed E-state index contributed by atoms with van der Waals surface area (Å²) in [6.07, 6.45) is 2.29. The third-order valence-electron chi connectivity index (χ3n) is 3.15. The van der Waals surface area contributed by atoms with Gasteiger partial charge in [-0.05, 0) is 51.7 Å². The SMILES string of the molecule is CN(C)CCCCn1c(CCl)nc2cc(Cl)ccc21. The highest BCUT2D eigenvalue weighted by Gasteiger charge is 2.09. The molecule has 0 aliphatic rings. The molecule has 5 heteroatoms. The van der Waals surface area contributed by atoms with Crippen LogP contribution < -0.4 is 0 Å². The molecule has 0 saturated carbocycles. The molecular formula is C14H19Cl2N3. The minimum absolute atomic E-state index is 0.431. The van der Waals surface area contributed by atoms with Gasteiger partial charge in [0, 0.05) is 11.6 Å². The van der Waals surface area contributed by atoms with Crippen LogP contribution in [0.3, 0.4) is 0 Å². The molecular weight excluding hydrogens is 281 g/mol. The highest BCUT2D eigenvalue weighted by atomic mass is 35.5. The maximum absolute atomic E-state index is 6.00. The van der Waals surface area contributed by atoms with E-state index >= 15 is 0 Å². The van der Waals surface area contributed by atoms with E-state index < -0.39 is 0 Å². The Morgan fingerprint density at radius 2 is 2.05 bits per heavy atom. The van der Waals surface area contributed by atoms with Crippen molar-refractivity contribution in [2.45, 2.75) is 25.3 Å². The number of halogens is 2. The Hall–Kier alpha value is -0.770. The van der Waals surface area contributed by atoms with Crippen molar-refractivity contribution in [3.05, 3.63) is 29.0 Å². The van der Waals surface area contributed by atoms with Gasteiger partial charge in [0.15, 0.2) is 0 Å². The highest BCUT2D eigenvalue weighted by molar-refractivity contribution is 6.31. The highest BCUT2D eigenvalue weighted by Crippen LogP contribution is 2.22. The minimum Gasteiger partial charge on any atom is -0.327 e. The average molecular weight is 300 g/mol. The van der Waals surface area contributed by atoms with Crippen molar-refractivity contribution in [1.29, 1.82) is 0 Å². The summed E-state index contributed by atoms with van der Waals surface area (Å²) in [6, 6.07) is 5.82. The second kappa shape index (κ2) is 6.60. The van der Waals surface area contributed by atoms with Crippen LogP contribution in [0.5, 0.6) is 0 Å². The van der Waals surface area contributed by atoms with Gasteiger partial charge < -0.3 is 9.47 Å². The zero-order valence-electron chi connectivity index (χ0n) is 11.4. The first-order chi connectivity index (χ1) is 9.11. The predicted molar refractivity (Wildman–Crippen MR) is 82.1 cm³/mol. The molecule has 2 rings (SSSR count). The molecule has 0 spiro atoms. The van der Waals surface area contributed by atoms with Crippen LogP contribution in [0.1, 0.15) is 18.7 Å². The Bertz CT molecular complexity index is 549. The van der Waals surface area contributed by atoms with E-state index in [2.05, 4.69) is 28.5 Å². The van der Waals surface area contributed by atoms with Gasteiger partial charge in [0.25, 0.3) is 0 Å². The Morgan fingerprint density at radius 3 is 2.74 bits per heavy atom. The quantitative estimate of drug-likeness (QED) is 0.598. The fraction of sp³-hybridized carbons (Fsp3) is 0.500. The summed E-state index contributed by atoms with van der Waals surface area (Å²) >= 11 is 12.0. The van der Waals surface area contributed by atoms with E-state index in [0.717, 1.165) is 36.4 Å². The normalized spacial score (nSPS) is 11.6. The molecule has 104 valence electrons. The molecule has 0 radical (unpaired) electrons. The van der Waals surface area contributed by atoms with Crippen LogP contribution in [0.2, 0.25) is 5.02 Å². The number of benzene rings is 1. The van der Waals surface area contributed by atoms with Crippen molar-refractivity contribution < 1.29 is 0 Å². The number of rotatable bonds is 6. The topological polar surface area (TPSA) is 21.1 Å². The van der Waals surface area contributed by atoms with Crippen molar-refractivity contribution in [2.24, 2.45) is 0 Å². The Labute approximate surface area is 124 Å². The summed E-state index contributed by atoms with van der Waals surface area (Å²) in [5.41, 5.74) is 2.04. The summed E-state index contributed by atoms with van der Waals surface area (Å²) < 4.78 is 2.20. The first-order valence-corrected chi connectivity index (χ1v) is 7.38. The van der Waals surface area contributed by atoms with Gasteiger partial charge in [-0.1, -0.05) is 11.6 Å². The first kappa shape index (κ1) is 14.6. The number of hydrogen-bond donors (Lipinski definition) is 0. The van der Waals surface area contributed by atoms with Crippen molar-refractivity contribution >= 4 is 34.2 Å². The molecule has 1 heterocycles. The second-order valence-electron chi connectivity index (χ2n) is 4.96. The smallest absolute Gasteiger partial charge is 0.124 e. The molecule has 0 aliphatic heterocycles. The van der Waals surface area contributed by atoms with Crippen molar-refractivity contribution in [3.8, 4) is 0 Å². The lowest BCUT2D eigenvalue weighted by atomic mass is 10.2. The summed E-state index contributed by atoms with van der Waals surface area (Å²) in [5, 5.41) is 0.714. The fourth-order valence-electron chi connectivity index (χ4n) is 2.20. The Balaban J connectivity index is 2.16. The molecule has 0 atom stereocenters. The lowest BCUT2D eigenvalue weighted by Crippen LogP contribution is -2.13. The van der Waals surface area contributed by atoms with Gasteiger partial charge in [-0.25, -0.2) is 4.98 Å². The number of fused-ring (bicyclic) bond motifs is 1. The number of aryl methyl sites for hydroxylation is 1. The van der Waals surface area contributed by atoms with Crippen molar-refractivity contribution in [1.82, 2.24) is 14.5 Å². The van der Waals surface area contributed by atoms with Crippen LogP contribution in [0.4, 0.5) is 0 Å². The molecule has 1 aromatic carbocycles. The van der Waals surface area contributed by atoms with Gasteiger partial charge in [0.05, 0.1) is 16.9 Å². The molecule has 0 aliphatic carbocycles. The molecule has 0 amide bonds. The molecule has 0 unspecified atom stereocenters. The van der Waals surface area contributed by atoms with Crippen molar-refractivity contribution in [3.63, 3.8) is 0 Å². The fourth-order valence-corrected chi connectivity index (χ4v) is 2.57. The Kier molecular flexibility index (Phi) is 5.08. The van der Waals surface area contributed by atoms with Crippen LogP contribution in [0.25, 0.3) is 11.0 Å². The summed E-state index contributed by atoms with van der Waals surface area (Å²) in [5.74, 6) is 1.35. The van der Waals surface area contributed by atoms with Crippen LogP contribution in [0, 0.1) is 0 Å². The zero-order chi connectivity index (χ0) is 13.8. The maximum Gasteiger partial charge on any atom is 0.124 e. The van der Waals surface area contributed by atoms with Gasteiger partial charge in [-0.2, -0.15) is 0 Å². The van der Waals surface area contributed by atoms with E-state index in [1.165, 1.54) is 6.42 Å². The third kappa shape index (κ3) is 3.62. The molecule has 2 aromatic rings. The van der Waals surface area contributed by atoms with E-state index in [9.17, 15) is 0 Å². The maximum atomic E-state index is 6.00. The lowest BCUT2D eigenvalue weighted by Gasteiger charge is -2.11.